The first-order valence-corrected chi connectivity index (χ1v) is 5.76. The molecular weight excluding hydrogens is 258 g/mol. The van der Waals surface area contributed by atoms with Gasteiger partial charge < -0.3 is 15.4 Å². The molecule has 1 saturated heterocycles. The van der Waals surface area contributed by atoms with E-state index in [9.17, 15) is 0 Å². The summed E-state index contributed by atoms with van der Waals surface area (Å²) in [4.78, 5) is 6.57. The Kier molecular flexibility index (Phi) is 3.56. The highest BCUT2D eigenvalue weighted by Gasteiger charge is 2.22. The van der Waals surface area contributed by atoms with Gasteiger partial charge in [0, 0.05) is 23.8 Å². The van der Waals surface area contributed by atoms with Crippen molar-refractivity contribution in [3.8, 4) is 0 Å². The average molecular weight is 272 g/mol. The van der Waals surface area contributed by atoms with E-state index in [-0.39, 0.29) is 6.04 Å². The van der Waals surface area contributed by atoms with Crippen LogP contribution in [0.5, 0.6) is 0 Å². The van der Waals surface area contributed by atoms with Crippen LogP contribution in [0.2, 0.25) is 0 Å². The smallest absolute Gasteiger partial charge is 0.129 e. The number of rotatable bonds is 2. The fourth-order valence-corrected chi connectivity index (χ4v) is 1.92. The van der Waals surface area contributed by atoms with Crippen molar-refractivity contribution >= 4 is 21.7 Å². The third-order valence-electron chi connectivity index (χ3n) is 2.51. The molecule has 2 rings (SSSR count). The molecule has 1 aliphatic heterocycles. The highest BCUT2D eigenvalue weighted by atomic mass is 79.9. The Labute approximate surface area is 97.6 Å². The first-order valence-electron chi connectivity index (χ1n) is 4.97. The molecule has 1 aliphatic rings. The predicted molar refractivity (Wildman–Crippen MR) is 62.9 cm³/mol. The summed E-state index contributed by atoms with van der Waals surface area (Å²) < 4.78 is 6.38. The van der Waals surface area contributed by atoms with E-state index in [2.05, 4.69) is 25.8 Å². The minimum atomic E-state index is 0.243. The van der Waals surface area contributed by atoms with Gasteiger partial charge in [0.2, 0.25) is 0 Å². The van der Waals surface area contributed by atoms with Crippen LogP contribution in [0.3, 0.4) is 0 Å². The van der Waals surface area contributed by atoms with Gasteiger partial charge in [-0.15, -0.1) is 0 Å². The Morgan fingerprint density at radius 1 is 1.60 bits per heavy atom. The van der Waals surface area contributed by atoms with Gasteiger partial charge in [-0.2, -0.15) is 0 Å². The molecule has 1 aromatic rings. The van der Waals surface area contributed by atoms with Gasteiger partial charge in [0.15, 0.2) is 0 Å². The van der Waals surface area contributed by atoms with Gasteiger partial charge in [-0.05, 0) is 28.1 Å². The Hall–Kier alpha value is -0.650. The Morgan fingerprint density at radius 2 is 2.47 bits per heavy atom. The molecule has 1 fully saturated rings. The van der Waals surface area contributed by atoms with E-state index >= 15 is 0 Å². The van der Waals surface area contributed by atoms with Crippen molar-refractivity contribution in [3.63, 3.8) is 0 Å². The maximum absolute atomic E-state index is 5.70. The van der Waals surface area contributed by atoms with Crippen molar-refractivity contribution in [3.05, 3.63) is 22.8 Å². The van der Waals surface area contributed by atoms with E-state index in [1.54, 1.807) is 6.20 Å². The largest absolute Gasteiger partial charge is 0.377 e. The second kappa shape index (κ2) is 4.92. The number of aromatic nitrogens is 1. The van der Waals surface area contributed by atoms with E-state index in [1.807, 2.05) is 12.1 Å². The Morgan fingerprint density at radius 3 is 3.13 bits per heavy atom. The number of hydrogen-bond acceptors (Lipinski definition) is 4. The Balaban J connectivity index is 2.16. The lowest BCUT2D eigenvalue weighted by atomic mass is 10.2. The van der Waals surface area contributed by atoms with Crippen LogP contribution in [0.1, 0.15) is 0 Å². The first kappa shape index (κ1) is 10.9. The minimum Gasteiger partial charge on any atom is -0.377 e. The van der Waals surface area contributed by atoms with E-state index in [4.69, 9.17) is 10.5 Å². The molecular formula is C10H14BrN3O. The van der Waals surface area contributed by atoms with Gasteiger partial charge >= 0.3 is 0 Å². The lowest BCUT2D eigenvalue weighted by molar-refractivity contribution is 0.0958. The molecule has 1 unspecified atom stereocenters. The van der Waals surface area contributed by atoms with Crippen LogP contribution in [0.15, 0.2) is 22.8 Å². The topological polar surface area (TPSA) is 51.4 Å². The zero-order valence-corrected chi connectivity index (χ0v) is 9.98. The van der Waals surface area contributed by atoms with Crippen molar-refractivity contribution in [2.45, 2.75) is 6.04 Å². The summed E-state index contributed by atoms with van der Waals surface area (Å²) in [7, 11) is 0. The molecule has 2 N–H and O–H groups in total. The van der Waals surface area contributed by atoms with Crippen LogP contribution in [0.25, 0.3) is 0 Å². The molecule has 2 heterocycles. The quantitative estimate of drug-likeness (QED) is 0.873. The zero-order valence-electron chi connectivity index (χ0n) is 8.40. The summed E-state index contributed by atoms with van der Waals surface area (Å²) in [6.45, 7) is 2.89. The van der Waals surface area contributed by atoms with Crippen molar-refractivity contribution in [2.24, 2.45) is 5.73 Å². The minimum absolute atomic E-state index is 0.243. The molecule has 0 saturated carbocycles. The number of nitrogens with two attached hydrogens (primary N) is 1. The molecule has 0 amide bonds. The normalized spacial score (nSPS) is 21.7. The molecule has 15 heavy (non-hydrogen) atoms. The Bertz CT molecular complexity index is 317. The van der Waals surface area contributed by atoms with E-state index in [1.165, 1.54) is 0 Å². The lowest BCUT2D eigenvalue weighted by Gasteiger charge is -2.35. The zero-order chi connectivity index (χ0) is 10.7. The van der Waals surface area contributed by atoms with Crippen molar-refractivity contribution in [2.75, 3.05) is 31.2 Å². The molecule has 0 bridgehead atoms. The van der Waals surface area contributed by atoms with Crippen LogP contribution in [0, 0.1) is 0 Å². The summed E-state index contributed by atoms with van der Waals surface area (Å²) in [5.41, 5.74) is 5.70. The van der Waals surface area contributed by atoms with Crippen LogP contribution in [-0.4, -0.2) is 37.3 Å². The fourth-order valence-electron chi connectivity index (χ4n) is 1.69. The monoisotopic (exact) mass is 271 g/mol. The number of nitrogens with zero attached hydrogens (tertiary/aromatic N) is 2. The second-order valence-corrected chi connectivity index (χ2v) is 4.41. The first-order chi connectivity index (χ1) is 7.31. The number of anilines is 1. The van der Waals surface area contributed by atoms with E-state index in [0.29, 0.717) is 13.2 Å². The summed E-state index contributed by atoms with van der Waals surface area (Å²) in [5, 5.41) is 0. The average Bonchev–Trinajstić information content (AvgIpc) is 2.30. The maximum atomic E-state index is 5.70. The molecule has 0 aromatic carbocycles. The second-order valence-electron chi connectivity index (χ2n) is 3.49. The molecule has 1 aromatic heterocycles. The molecule has 1 atom stereocenters. The fraction of sp³-hybridized carbons (Fsp3) is 0.500. The summed E-state index contributed by atoms with van der Waals surface area (Å²) in [6.07, 6.45) is 1.80. The third-order valence-corrected chi connectivity index (χ3v) is 2.97. The highest BCUT2D eigenvalue weighted by molar-refractivity contribution is 9.10. The van der Waals surface area contributed by atoms with Crippen molar-refractivity contribution in [1.82, 2.24) is 4.98 Å². The van der Waals surface area contributed by atoms with Gasteiger partial charge in [0.25, 0.3) is 0 Å². The lowest BCUT2D eigenvalue weighted by Crippen LogP contribution is -2.49. The van der Waals surface area contributed by atoms with Crippen LogP contribution in [0.4, 0.5) is 5.82 Å². The summed E-state index contributed by atoms with van der Waals surface area (Å²) in [5.74, 6) is 0.969. The number of hydrogen-bond donors (Lipinski definition) is 1. The van der Waals surface area contributed by atoms with Crippen molar-refractivity contribution < 1.29 is 4.74 Å². The van der Waals surface area contributed by atoms with Crippen molar-refractivity contribution in [1.29, 1.82) is 0 Å². The summed E-state index contributed by atoms with van der Waals surface area (Å²) in [6, 6.07) is 4.23. The van der Waals surface area contributed by atoms with Gasteiger partial charge in [0.1, 0.15) is 5.82 Å². The van der Waals surface area contributed by atoms with E-state index in [0.717, 1.165) is 23.4 Å². The summed E-state index contributed by atoms with van der Waals surface area (Å²) >= 11 is 3.37. The highest BCUT2D eigenvalue weighted by Crippen LogP contribution is 2.18. The number of ether oxygens (including phenoxy) is 1. The molecule has 5 heteroatoms. The number of morpholine rings is 1. The standard InChI is InChI=1S/C10H14BrN3O/c11-8-1-2-10(13-6-8)14-3-4-15-7-9(14)5-12/h1-2,6,9H,3-5,7,12H2. The molecule has 82 valence electrons. The van der Waals surface area contributed by atoms with Gasteiger partial charge in [-0.25, -0.2) is 4.98 Å². The molecule has 0 spiro atoms. The predicted octanol–water partition coefficient (Wildman–Crippen LogP) is 1.01. The van der Waals surface area contributed by atoms with Gasteiger partial charge in [-0.3, -0.25) is 0 Å². The van der Waals surface area contributed by atoms with Gasteiger partial charge in [0.05, 0.1) is 19.3 Å². The maximum Gasteiger partial charge on any atom is 0.129 e. The van der Waals surface area contributed by atoms with Crippen LogP contribution < -0.4 is 10.6 Å². The third kappa shape index (κ3) is 2.48. The molecule has 4 nitrogen and oxygen atoms in total. The number of halogens is 1. The van der Waals surface area contributed by atoms with E-state index < -0.39 is 0 Å². The van der Waals surface area contributed by atoms with Crippen LogP contribution >= 0.6 is 15.9 Å². The molecule has 0 radical (unpaired) electrons. The van der Waals surface area contributed by atoms with Gasteiger partial charge in [-0.1, -0.05) is 0 Å². The van der Waals surface area contributed by atoms with Crippen LogP contribution in [-0.2, 0) is 4.74 Å². The molecule has 0 aliphatic carbocycles. The number of pyridine rings is 1. The SMILES string of the molecule is NCC1COCCN1c1ccc(Br)cn1.